The van der Waals surface area contributed by atoms with Crippen molar-refractivity contribution in [3.05, 3.63) is 24.0 Å². The molecule has 1 aromatic heterocycles. The summed E-state index contributed by atoms with van der Waals surface area (Å²) < 4.78 is 0. The monoisotopic (exact) mass is 206 g/mol. The molecular formula is C12H18N2O. The second-order valence-electron chi connectivity index (χ2n) is 4.06. The van der Waals surface area contributed by atoms with Gasteiger partial charge in [-0.05, 0) is 31.4 Å². The van der Waals surface area contributed by atoms with Gasteiger partial charge in [-0.2, -0.15) is 0 Å². The van der Waals surface area contributed by atoms with Crippen LogP contribution in [0.25, 0.3) is 0 Å². The van der Waals surface area contributed by atoms with Gasteiger partial charge in [0.2, 0.25) is 0 Å². The fourth-order valence-electron chi connectivity index (χ4n) is 1.97. The summed E-state index contributed by atoms with van der Waals surface area (Å²) in [6.07, 6.45) is 4.73. The fourth-order valence-corrected chi connectivity index (χ4v) is 1.97. The molecule has 1 aromatic rings. The van der Waals surface area contributed by atoms with Crippen molar-refractivity contribution in [2.24, 2.45) is 0 Å². The summed E-state index contributed by atoms with van der Waals surface area (Å²) in [4.78, 5) is 6.64. The van der Waals surface area contributed by atoms with E-state index in [0.29, 0.717) is 0 Å². The molecule has 15 heavy (non-hydrogen) atoms. The standard InChI is InChI=1S/C12H18N2O/c1-2-12(15)11-6-5-10(9-13-11)14-7-3-4-8-14/h5-6,9,12,15H,2-4,7-8H2,1H3/t12-/m1/s1. The maximum atomic E-state index is 9.61. The van der Waals surface area contributed by atoms with Crippen molar-refractivity contribution < 1.29 is 5.11 Å². The van der Waals surface area contributed by atoms with Crippen LogP contribution in [0.15, 0.2) is 18.3 Å². The van der Waals surface area contributed by atoms with Crippen molar-refractivity contribution in [2.45, 2.75) is 32.3 Å². The van der Waals surface area contributed by atoms with Crippen molar-refractivity contribution >= 4 is 5.69 Å². The van der Waals surface area contributed by atoms with Crippen LogP contribution in [0.1, 0.15) is 38.0 Å². The average molecular weight is 206 g/mol. The number of nitrogens with zero attached hydrogens (tertiary/aromatic N) is 2. The van der Waals surface area contributed by atoms with Crippen molar-refractivity contribution in [2.75, 3.05) is 18.0 Å². The molecule has 1 N–H and O–H groups in total. The molecular weight excluding hydrogens is 188 g/mol. The number of rotatable bonds is 3. The smallest absolute Gasteiger partial charge is 0.0957 e. The third kappa shape index (κ3) is 2.29. The van der Waals surface area contributed by atoms with Gasteiger partial charge in [0, 0.05) is 13.1 Å². The molecule has 0 amide bonds. The van der Waals surface area contributed by atoms with E-state index in [1.54, 1.807) is 0 Å². The Bertz CT molecular complexity index is 304. The first kappa shape index (κ1) is 10.4. The Morgan fingerprint density at radius 3 is 2.67 bits per heavy atom. The minimum atomic E-state index is -0.419. The summed E-state index contributed by atoms with van der Waals surface area (Å²) >= 11 is 0. The van der Waals surface area contributed by atoms with Gasteiger partial charge in [0.1, 0.15) is 0 Å². The topological polar surface area (TPSA) is 36.4 Å². The van der Waals surface area contributed by atoms with Crippen LogP contribution < -0.4 is 4.90 Å². The molecule has 2 heterocycles. The van der Waals surface area contributed by atoms with Crippen molar-refractivity contribution in [3.8, 4) is 0 Å². The van der Waals surface area contributed by atoms with Crippen LogP contribution in [0, 0.1) is 0 Å². The van der Waals surface area contributed by atoms with Crippen molar-refractivity contribution in [1.29, 1.82) is 0 Å². The van der Waals surface area contributed by atoms with E-state index in [1.807, 2.05) is 19.2 Å². The van der Waals surface area contributed by atoms with Crippen LogP contribution in [-0.4, -0.2) is 23.2 Å². The van der Waals surface area contributed by atoms with Gasteiger partial charge >= 0.3 is 0 Å². The third-order valence-corrected chi connectivity index (χ3v) is 2.97. The quantitative estimate of drug-likeness (QED) is 0.823. The van der Waals surface area contributed by atoms with Gasteiger partial charge in [0.05, 0.1) is 23.7 Å². The van der Waals surface area contributed by atoms with Crippen LogP contribution in [-0.2, 0) is 0 Å². The lowest BCUT2D eigenvalue weighted by atomic mass is 10.2. The molecule has 0 radical (unpaired) electrons. The Morgan fingerprint density at radius 2 is 2.13 bits per heavy atom. The van der Waals surface area contributed by atoms with Gasteiger partial charge in [0.15, 0.2) is 0 Å². The number of anilines is 1. The predicted octanol–water partition coefficient (Wildman–Crippen LogP) is 2.13. The second-order valence-corrected chi connectivity index (χ2v) is 4.06. The summed E-state index contributed by atoms with van der Waals surface area (Å²) in [5, 5.41) is 9.61. The van der Waals surface area contributed by atoms with Gasteiger partial charge < -0.3 is 10.0 Å². The highest BCUT2D eigenvalue weighted by Gasteiger charge is 2.13. The maximum absolute atomic E-state index is 9.61. The Balaban J connectivity index is 2.09. The zero-order chi connectivity index (χ0) is 10.7. The van der Waals surface area contributed by atoms with Crippen LogP contribution in [0.5, 0.6) is 0 Å². The Labute approximate surface area is 90.8 Å². The zero-order valence-corrected chi connectivity index (χ0v) is 9.19. The highest BCUT2D eigenvalue weighted by molar-refractivity contribution is 5.45. The van der Waals surface area contributed by atoms with Gasteiger partial charge in [0.25, 0.3) is 0 Å². The molecule has 0 spiro atoms. The highest BCUT2D eigenvalue weighted by Crippen LogP contribution is 2.21. The molecule has 1 fully saturated rings. The van der Waals surface area contributed by atoms with E-state index in [2.05, 4.69) is 16.0 Å². The number of hydrogen-bond donors (Lipinski definition) is 1. The molecule has 2 rings (SSSR count). The number of pyridine rings is 1. The summed E-state index contributed by atoms with van der Waals surface area (Å²) in [6, 6.07) is 3.99. The van der Waals surface area contributed by atoms with E-state index < -0.39 is 6.10 Å². The molecule has 1 aliphatic heterocycles. The fraction of sp³-hybridized carbons (Fsp3) is 0.583. The lowest BCUT2D eigenvalue weighted by Gasteiger charge is -2.17. The number of aromatic nitrogens is 1. The molecule has 0 aromatic carbocycles. The average Bonchev–Trinajstić information content (AvgIpc) is 2.82. The number of aliphatic hydroxyl groups is 1. The van der Waals surface area contributed by atoms with E-state index in [-0.39, 0.29) is 0 Å². The summed E-state index contributed by atoms with van der Waals surface area (Å²) in [5.41, 5.74) is 1.96. The first-order valence-electron chi connectivity index (χ1n) is 5.70. The lowest BCUT2D eigenvalue weighted by molar-refractivity contribution is 0.169. The molecule has 3 nitrogen and oxygen atoms in total. The Hall–Kier alpha value is -1.09. The van der Waals surface area contributed by atoms with Gasteiger partial charge in [-0.25, -0.2) is 0 Å². The second kappa shape index (κ2) is 4.62. The van der Waals surface area contributed by atoms with E-state index in [1.165, 1.54) is 18.5 Å². The largest absolute Gasteiger partial charge is 0.387 e. The molecule has 0 bridgehead atoms. The van der Waals surface area contributed by atoms with Crippen LogP contribution in [0.4, 0.5) is 5.69 Å². The third-order valence-electron chi connectivity index (χ3n) is 2.97. The van der Waals surface area contributed by atoms with E-state index in [4.69, 9.17) is 0 Å². The van der Waals surface area contributed by atoms with Crippen LogP contribution >= 0.6 is 0 Å². The molecule has 82 valence electrons. The molecule has 1 saturated heterocycles. The Morgan fingerprint density at radius 1 is 1.40 bits per heavy atom. The normalized spacial score (nSPS) is 18.1. The van der Waals surface area contributed by atoms with Crippen LogP contribution in [0.2, 0.25) is 0 Å². The number of aliphatic hydroxyl groups excluding tert-OH is 1. The van der Waals surface area contributed by atoms with Crippen molar-refractivity contribution in [3.63, 3.8) is 0 Å². The molecule has 3 heteroatoms. The number of hydrogen-bond acceptors (Lipinski definition) is 3. The van der Waals surface area contributed by atoms with E-state index in [9.17, 15) is 5.11 Å². The first-order chi connectivity index (χ1) is 7.31. The predicted molar refractivity (Wildman–Crippen MR) is 60.9 cm³/mol. The summed E-state index contributed by atoms with van der Waals surface area (Å²) in [7, 11) is 0. The maximum Gasteiger partial charge on any atom is 0.0957 e. The van der Waals surface area contributed by atoms with E-state index >= 15 is 0 Å². The summed E-state index contributed by atoms with van der Waals surface area (Å²) in [6.45, 7) is 4.23. The van der Waals surface area contributed by atoms with Gasteiger partial charge in [-0.15, -0.1) is 0 Å². The summed E-state index contributed by atoms with van der Waals surface area (Å²) in [5.74, 6) is 0. The Kier molecular flexibility index (Phi) is 3.21. The van der Waals surface area contributed by atoms with Crippen molar-refractivity contribution in [1.82, 2.24) is 4.98 Å². The lowest BCUT2D eigenvalue weighted by Crippen LogP contribution is -2.17. The molecule has 0 unspecified atom stereocenters. The molecule has 1 atom stereocenters. The van der Waals surface area contributed by atoms with Gasteiger partial charge in [-0.1, -0.05) is 6.92 Å². The van der Waals surface area contributed by atoms with Gasteiger partial charge in [-0.3, -0.25) is 4.98 Å². The van der Waals surface area contributed by atoms with Crippen LogP contribution in [0.3, 0.4) is 0 Å². The molecule has 0 saturated carbocycles. The first-order valence-corrected chi connectivity index (χ1v) is 5.70. The molecule has 1 aliphatic rings. The zero-order valence-electron chi connectivity index (χ0n) is 9.19. The highest BCUT2D eigenvalue weighted by atomic mass is 16.3. The molecule has 0 aliphatic carbocycles. The van der Waals surface area contributed by atoms with E-state index in [0.717, 1.165) is 25.2 Å². The SMILES string of the molecule is CC[C@@H](O)c1ccc(N2CCCC2)cn1. The minimum absolute atomic E-state index is 0.419. The minimum Gasteiger partial charge on any atom is -0.387 e.